The van der Waals surface area contributed by atoms with Crippen LogP contribution in [0, 0.1) is 10.1 Å². The molecule has 0 aliphatic carbocycles. The van der Waals surface area contributed by atoms with Gasteiger partial charge in [-0.05, 0) is 37.1 Å². The number of rotatable bonds is 4. The van der Waals surface area contributed by atoms with Gasteiger partial charge in [0.15, 0.2) is 4.90 Å². The predicted octanol–water partition coefficient (Wildman–Crippen LogP) is 2.74. The molecule has 2 aromatic carbocycles. The van der Waals surface area contributed by atoms with Crippen LogP contribution in [0.3, 0.4) is 0 Å². The number of nitro benzene ring substituents is 1. The Kier molecular flexibility index (Phi) is 3.92. The van der Waals surface area contributed by atoms with Crippen LogP contribution in [-0.2, 0) is 16.4 Å². The van der Waals surface area contributed by atoms with Gasteiger partial charge in [0, 0.05) is 6.04 Å². The van der Waals surface area contributed by atoms with Crippen molar-refractivity contribution in [1.29, 1.82) is 0 Å². The van der Waals surface area contributed by atoms with E-state index in [9.17, 15) is 18.5 Å². The van der Waals surface area contributed by atoms with Crippen LogP contribution < -0.4 is 9.04 Å². The third-order valence-corrected chi connectivity index (χ3v) is 6.02. The minimum Gasteiger partial charge on any atom is -0.497 e. The Hall–Kier alpha value is -2.61. The van der Waals surface area contributed by atoms with Crippen LogP contribution in [0.15, 0.2) is 47.4 Å². The molecule has 0 amide bonds. The Morgan fingerprint density at radius 2 is 1.96 bits per heavy atom. The molecule has 0 N–H and O–H groups in total. The van der Waals surface area contributed by atoms with Gasteiger partial charge in [-0.2, -0.15) is 0 Å². The summed E-state index contributed by atoms with van der Waals surface area (Å²) in [4.78, 5) is 10.3. The van der Waals surface area contributed by atoms with E-state index in [1.807, 2.05) is 12.1 Å². The summed E-state index contributed by atoms with van der Waals surface area (Å²) in [5, 5.41) is 11.3. The fourth-order valence-electron chi connectivity index (χ4n) is 2.99. The van der Waals surface area contributed by atoms with Gasteiger partial charge in [-0.25, -0.2) is 8.42 Å². The van der Waals surface area contributed by atoms with Crippen molar-refractivity contribution in [2.24, 2.45) is 0 Å². The molecule has 0 spiro atoms. The second-order valence-corrected chi connectivity index (χ2v) is 7.36. The second-order valence-electron chi connectivity index (χ2n) is 5.57. The van der Waals surface area contributed by atoms with Gasteiger partial charge in [0.1, 0.15) is 5.75 Å². The Morgan fingerprint density at radius 1 is 1.25 bits per heavy atom. The lowest BCUT2D eigenvalue weighted by Gasteiger charge is -2.24. The summed E-state index contributed by atoms with van der Waals surface area (Å²) in [6.45, 7) is 1.78. The molecule has 0 saturated carbocycles. The molecule has 3 rings (SSSR count). The Bertz CT molecular complexity index is 910. The van der Waals surface area contributed by atoms with Crippen molar-refractivity contribution < 1.29 is 18.1 Å². The van der Waals surface area contributed by atoms with Crippen LogP contribution in [0.5, 0.6) is 5.75 Å². The SMILES string of the molecule is COc1ccc(S(=O)(=O)N2c3ccccc3CC2C)c([N+](=O)[O-])c1. The maximum Gasteiger partial charge on any atom is 0.293 e. The minimum absolute atomic E-state index is 0.232. The van der Waals surface area contributed by atoms with Gasteiger partial charge in [-0.1, -0.05) is 18.2 Å². The van der Waals surface area contributed by atoms with Gasteiger partial charge in [0.05, 0.1) is 23.8 Å². The van der Waals surface area contributed by atoms with Crippen molar-refractivity contribution in [3.05, 3.63) is 58.1 Å². The summed E-state index contributed by atoms with van der Waals surface area (Å²) >= 11 is 0. The summed E-state index contributed by atoms with van der Waals surface area (Å²) in [5.41, 5.74) is 0.978. The van der Waals surface area contributed by atoms with Crippen molar-refractivity contribution in [2.75, 3.05) is 11.4 Å². The molecule has 1 atom stereocenters. The highest BCUT2D eigenvalue weighted by Gasteiger charge is 2.39. The molecule has 0 aromatic heterocycles. The summed E-state index contributed by atoms with van der Waals surface area (Å²) in [6, 6.07) is 10.6. The van der Waals surface area contributed by atoms with Crippen LogP contribution in [0.2, 0.25) is 0 Å². The average Bonchev–Trinajstić information content (AvgIpc) is 2.90. The topological polar surface area (TPSA) is 89.8 Å². The first-order valence-corrected chi connectivity index (χ1v) is 8.75. The highest BCUT2D eigenvalue weighted by molar-refractivity contribution is 7.93. The van der Waals surface area contributed by atoms with E-state index in [1.165, 1.54) is 23.5 Å². The number of anilines is 1. The van der Waals surface area contributed by atoms with E-state index in [4.69, 9.17) is 4.74 Å². The predicted molar refractivity (Wildman–Crippen MR) is 88.9 cm³/mol. The molecule has 8 heteroatoms. The molecule has 1 aliphatic rings. The van der Waals surface area contributed by atoms with E-state index in [0.29, 0.717) is 12.1 Å². The second kappa shape index (κ2) is 5.79. The number of hydrogen-bond acceptors (Lipinski definition) is 5. The molecule has 24 heavy (non-hydrogen) atoms. The number of para-hydroxylation sites is 1. The quantitative estimate of drug-likeness (QED) is 0.626. The number of nitro groups is 1. The smallest absolute Gasteiger partial charge is 0.293 e. The lowest BCUT2D eigenvalue weighted by atomic mass is 10.1. The zero-order valence-corrected chi connectivity index (χ0v) is 14.0. The first-order valence-electron chi connectivity index (χ1n) is 7.31. The summed E-state index contributed by atoms with van der Waals surface area (Å²) in [7, 11) is -2.70. The molecule has 7 nitrogen and oxygen atoms in total. The number of nitrogens with zero attached hydrogens (tertiary/aromatic N) is 2. The standard InChI is InChI=1S/C16H16N2O5S/c1-11-9-12-5-3-4-6-14(12)17(11)24(21,22)16-8-7-13(23-2)10-15(16)18(19)20/h3-8,10-11H,9H2,1-2H3. The normalized spacial score (nSPS) is 16.8. The number of benzene rings is 2. The first kappa shape index (κ1) is 16.3. The van der Waals surface area contributed by atoms with Crippen molar-refractivity contribution in [3.63, 3.8) is 0 Å². The zero-order valence-electron chi connectivity index (χ0n) is 13.2. The molecular formula is C16H16N2O5S. The van der Waals surface area contributed by atoms with Crippen molar-refractivity contribution in [2.45, 2.75) is 24.3 Å². The van der Waals surface area contributed by atoms with Gasteiger partial charge in [-0.15, -0.1) is 0 Å². The molecule has 2 aromatic rings. The summed E-state index contributed by atoms with van der Waals surface area (Å²) in [6.07, 6.45) is 0.569. The minimum atomic E-state index is -4.07. The van der Waals surface area contributed by atoms with Gasteiger partial charge < -0.3 is 4.74 Å². The summed E-state index contributed by atoms with van der Waals surface area (Å²) < 4.78 is 32.5. The van der Waals surface area contributed by atoms with Crippen LogP contribution in [-0.4, -0.2) is 26.5 Å². The fourth-order valence-corrected chi connectivity index (χ4v) is 4.83. The van der Waals surface area contributed by atoms with Crippen molar-refractivity contribution in [3.8, 4) is 5.75 Å². The van der Waals surface area contributed by atoms with Crippen molar-refractivity contribution in [1.82, 2.24) is 0 Å². The van der Waals surface area contributed by atoms with Crippen LogP contribution in [0.25, 0.3) is 0 Å². The molecule has 0 saturated heterocycles. The van der Waals surface area contributed by atoms with E-state index in [1.54, 1.807) is 19.1 Å². The average molecular weight is 348 g/mol. The van der Waals surface area contributed by atoms with E-state index in [-0.39, 0.29) is 16.7 Å². The molecule has 0 fully saturated rings. The monoisotopic (exact) mass is 348 g/mol. The Labute approximate surface area is 139 Å². The molecule has 1 heterocycles. The van der Waals surface area contributed by atoms with Crippen LogP contribution >= 0.6 is 0 Å². The third-order valence-electron chi connectivity index (χ3n) is 4.04. The zero-order chi connectivity index (χ0) is 17.5. The fraction of sp³-hybridized carbons (Fsp3) is 0.250. The van der Waals surface area contributed by atoms with Crippen LogP contribution in [0.4, 0.5) is 11.4 Å². The van der Waals surface area contributed by atoms with Gasteiger partial charge in [-0.3, -0.25) is 14.4 Å². The number of ether oxygens (including phenoxy) is 1. The van der Waals surface area contributed by atoms with Gasteiger partial charge in [0.2, 0.25) is 0 Å². The molecule has 126 valence electrons. The molecular weight excluding hydrogens is 332 g/mol. The van der Waals surface area contributed by atoms with E-state index in [2.05, 4.69) is 0 Å². The molecule has 1 unspecified atom stereocenters. The summed E-state index contributed by atoms with van der Waals surface area (Å²) in [5.74, 6) is 0.232. The Morgan fingerprint density at radius 3 is 2.62 bits per heavy atom. The van der Waals surface area contributed by atoms with Crippen molar-refractivity contribution >= 4 is 21.4 Å². The molecule has 0 radical (unpaired) electrons. The molecule has 0 bridgehead atoms. The largest absolute Gasteiger partial charge is 0.497 e. The maximum absolute atomic E-state index is 13.1. The van der Waals surface area contributed by atoms with Gasteiger partial charge >= 0.3 is 0 Å². The number of fused-ring (bicyclic) bond motifs is 1. The van der Waals surface area contributed by atoms with E-state index in [0.717, 1.165) is 11.6 Å². The first-order chi connectivity index (χ1) is 11.4. The Balaban J connectivity index is 2.17. The molecule has 1 aliphatic heterocycles. The number of methoxy groups -OCH3 is 1. The highest BCUT2D eigenvalue weighted by atomic mass is 32.2. The van der Waals surface area contributed by atoms with Gasteiger partial charge in [0.25, 0.3) is 15.7 Å². The van der Waals surface area contributed by atoms with E-state index >= 15 is 0 Å². The highest BCUT2D eigenvalue weighted by Crippen LogP contribution is 2.39. The van der Waals surface area contributed by atoms with E-state index < -0.39 is 20.6 Å². The van der Waals surface area contributed by atoms with Crippen LogP contribution in [0.1, 0.15) is 12.5 Å². The lowest BCUT2D eigenvalue weighted by Crippen LogP contribution is -2.36. The lowest BCUT2D eigenvalue weighted by molar-refractivity contribution is -0.387. The number of hydrogen-bond donors (Lipinski definition) is 0. The number of sulfonamides is 1. The third kappa shape index (κ3) is 2.48. The maximum atomic E-state index is 13.1.